The van der Waals surface area contributed by atoms with Crippen molar-refractivity contribution < 1.29 is 9.59 Å². The van der Waals surface area contributed by atoms with Crippen LogP contribution in [0.25, 0.3) is 0 Å². The van der Waals surface area contributed by atoms with Gasteiger partial charge in [-0.3, -0.25) is 14.5 Å². The average molecular weight is 346 g/mol. The summed E-state index contributed by atoms with van der Waals surface area (Å²) in [4.78, 5) is 29.4. The van der Waals surface area contributed by atoms with Crippen molar-refractivity contribution in [2.24, 2.45) is 0 Å². The van der Waals surface area contributed by atoms with E-state index in [9.17, 15) is 14.9 Å². The zero-order valence-electron chi connectivity index (χ0n) is 14.1. The van der Waals surface area contributed by atoms with E-state index < -0.39 is 0 Å². The number of likely N-dealkylation sites (tertiary alicyclic amines) is 1. The predicted molar refractivity (Wildman–Crippen MR) is 93.0 cm³/mol. The Morgan fingerprint density at radius 1 is 1.38 bits per heavy atom. The lowest BCUT2D eigenvalue weighted by molar-refractivity contribution is -0.133. The molecule has 0 radical (unpaired) electrons. The number of hydrogen-bond donors (Lipinski definition) is 1. The topological polar surface area (TPSA) is 76.4 Å². The van der Waals surface area contributed by atoms with E-state index in [0.29, 0.717) is 10.6 Å². The highest BCUT2D eigenvalue weighted by molar-refractivity contribution is 7.16. The minimum atomic E-state index is -0.213. The van der Waals surface area contributed by atoms with Gasteiger partial charge in [0.25, 0.3) is 0 Å². The zero-order chi connectivity index (χ0) is 17.3. The molecule has 0 spiro atoms. The van der Waals surface area contributed by atoms with Crippen molar-refractivity contribution >= 4 is 28.2 Å². The molecule has 1 N–H and O–H groups in total. The van der Waals surface area contributed by atoms with Gasteiger partial charge in [-0.25, -0.2) is 0 Å². The summed E-state index contributed by atoms with van der Waals surface area (Å²) < 4.78 is 0. The van der Waals surface area contributed by atoms with Crippen LogP contribution in [0.4, 0.5) is 5.00 Å². The second-order valence-corrected chi connectivity index (χ2v) is 7.69. The number of hydrogen-bond acceptors (Lipinski definition) is 5. The number of carbonyl (C=O) groups excluding carboxylic acids is 2. The van der Waals surface area contributed by atoms with Gasteiger partial charge in [-0.15, -0.1) is 11.3 Å². The Morgan fingerprint density at radius 2 is 2.17 bits per heavy atom. The maximum Gasteiger partial charge on any atom is 0.239 e. The fourth-order valence-electron chi connectivity index (χ4n) is 3.55. The number of thiophene rings is 1. The number of fused-ring (bicyclic) bond motifs is 1. The van der Waals surface area contributed by atoms with Crippen molar-refractivity contribution in [3.63, 3.8) is 0 Å². The molecule has 2 amide bonds. The molecule has 6 nitrogen and oxygen atoms in total. The van der Waals surface area contributed by atoms with E-state index in [1.165, 1.54) is 16.2 Å². The fraction of sp³-hybridized carbons (Fsp3) is 0.588. The number of amides is 2. The first-order chi connectivity index (χ1) is 11.5. The highest BCUT2D eigenvalue weighted by atomic mass is 32.1. The molecular formula is C17H22N4O2S. The molecular weight excluding hydrogens is 324 g/mol. The smallest absolute Gasteiger partial charge is 0.239 e. The Morgan fingerprint density at radius 3 is 2.88 bits per heavy atom. The highest BCUT2D eigenvalue weighted by Gasteiger charge is 2.33. The predicted octanol–water partition coefficient (Wildman–Crippen LogP) is 1.60. The average Bonchev–Trinajstić information content (AvgIpc) is 3.22. The zero-order valence-corrected chi connectivity index (χ0v) is 14.9. The Labute approximate surface area is 146 Å². The summed E-state index contributed by atoms with van der Waals surface area (Å²) in [6.45, 7) is 0.946. The Kier molecular flexibility index (Phi) is 4.88. The Balaban J connectivity index is 1.66. The van der Waals surface area contributed by atoms with Crippen molar-refractivity contribution in [3.8, 4) is 6.07 Å². The van der Waals surface area contributed by atoms with Gasteiger partial charge in [0, 0.05) is 19.0 Å². The molecule has 0 aromatic carbocycles. The van der Waals surface area contributed by atoms with Crippen LogP contribution in [0.15, 0.2) is 0 Å². The number of nitriles is 1. The standard InChI is InChI=1S/C17H22N4O2S/c1-20(2)17(23)13-6-4-8-21(13)10-15(22)19-16-12(9-18)11-5-3-7-14(11)24-16/h13H,3-8,10H2,1-2H3,(H,19,22). The number of likely N-dealkylation sites (N-methyl/N-ethyl adjacent to an activating group) is 1. The molecule has 7 heteroatoms. The SMILES string of the molecule is CN(C)C(=O)C1CCCN1CC(=O)Nc1sc2c(c1C#N)CCC2. The number of nitrogens with zero attached hydrogens (tertiary/aromatic N) is 3. The van der Waals surface area contributed by atoms with E-state index in [0.717, 1.165) is 44.2 Å². The van der Waals surface area contributed by atoms with E-state index in [-0.39, 0.29) is 24.4 Å². The molecule has 3 rings (SSSR count). The Hall–Kier alpha value is -1.91. The van der Waals surface area contributed by atoms with Crippen molar-refractivity contribution in [1.82, 2.24) is 9.80 Å². The lowest BCUT2D eigenvalue weighted by atomic mass is 10.1. The number of carbonyl (C=O) groups is 2. The van der Waals surface area contributed by atoms with E-state index in [4.69, 9.17) is 0 Å². The summed E-state index contributed by atoms with van der Waals surface area (Å²) in [6, 6.07) is 2.02. The summed E-state index contributed by atoms with van der Waals surface area (Å²) >= 11 is 1.52. The molecule has 128 valence electrons. The van der Waals surface area contributed by atoms with Gasteiger partial charge in [0.15, 0.2) is 0 Å². The summed E-state index contributed by atoms with van der Waals surface area (Å²) in [5.74, 6) is -0.0991. The molecule has 0 saturated carbocycles. The molecule has 2 aliphatic rings. The molecule has 1 aromatic heterocycles. The monoisotopic (exact) mass is 346 g/mol. The first-order valence-electron chi connectivity index (χ1n) is 8.31. The number of anilines is 1. The molecule has 1 fully saturated rings. The maximum atomic E-state index is 12.4. The first-order valence-corrected chi connectivity index (χ1v) is 9.12. The molecule has 1 aliphatic carbocycles. The molecule has 0 bridgehead atoms. The van der Waals surface area contributed by atoms with Gasteiger partial charge < -0.3 is 10.2 Å². The van der Waals surface area contributed by atoms with Gasteiger partial charge in [-0.2, -0.15) is 5.26 Å². The minimum absolute atomic E-state index is 0.0492. The molecule has 1 unspecified atom stereocenters. The van der Waals surface area contributed by atoms with Gasteiger partial charge >= 0.3 is 0 Å². The molecule has 2 heterocycles. The lowest BCUT2D eigenvalue weighted by Crippen LogP contribution is -2.45. The second-order valence-electron chi connectivity index (χ2n) is 6.58. The highest BCUT2D eigenvalue weighted by Crippen LogP contribution is 2.38. The van der Waals surface area contributed by atoms with Crippen molar-refractivity contribution in [2.75, 3.05) is 32.5 Å². The quantitative estimate of drug-likeness (QED) is 0.898. The third kappa shape index (κ3) is 3.17. The van der Waals surface area contributed by atoms with Crippen LogP contribution in [0.5, 0.6) is 0 Å². The second kappa shape index (κ2) is 6.91. The third-order valence-electron chi connectivity index (χ3n) is 4.72. The lowest BCUT2D eigenvalue weighted by Gasteiger charge is -2.25. The van der Waals surface area contributed by atoms with Crippen LogP contribution in [-0.2, 0) is 22.4 Å². The largest absolute Gasteiger partial charge is 0.347 e. The van der Waals surface area contributed by atoms with Crippen molar-refractivity contribution in [1.29, 1.82) is 5.26 Å². The van der Waals surface area contributed by atoms with E-state index in [2.05, 4.69) is 11.4 Å². The number of nitrogens with one attached hydrogen (secondary N) is 1. The van der Waals surface area contributed by atoms with Gasteiger partial charge in [0.1, 0.15) is 11.1 Å². The van der Waals surface area contributed by atoms with Crippen molar-refractivity contribution in [2.45, 2.75) is 38.1 Å². The van der Waals surface area contributed by atoms with Crippen LogP contribution >= 0.6 is 11.3 Å². The van der Waals surface area contributed by atoms with Crippen LogP contribution in [-0.4, -0.2) is 54.8 Å². The third-order valence-corrected chi connectivity index (χ3v) is 5.93. The summed E-state index contributed by atoms with van der Waals surface area (Å²) in [6.07, 6.45) is 4.73. The molecule has 1 atom stereocenters. The normalized spacial score (nSPS) is 19.8. The number of rotatable bonds is 4. The summed E-state index contributed by atoms with van der Waals surface area (Å²) in [5.41, 5.74) is 1.74. The van der Waals surface area contributed by atoms with Gasteiger partial charge in [0.2, 0.25) is 11.8 Å². The van der Waals surface area contributed by atoms with E-state index >= 15 is 0 Å². The first kappa shape index (κ1) is 16.9. The van der Waals surface area contributed by atoms with Crippen LogP contribution in [0, 0.1) is 11.3 Å². The van der Waals surface area contributed by atoms with Gasteiger partial charge in [-0.1, -0.05) is 0 Å². The van der Waals surface area contributed by atoms with Crippen LogP contribution in [0.3, 0.4) is 0 Å². The summed E-state index contributed by atoms with van der Waals surface area (Å²) in [7, 11) is 3.48. The summed E-state index contributed by atoms with van der Waals surface area (Å²) in [5, 5.41) is 13.0. The van der Waals surface area contributed by atoms with Gasteiger partial charge in [-0.05, 0) is 44.2 Å². The molecule has 1 aromatic rings. The van der Waals surface area contributed by atoms with Crippen LogP contribution in [0.1, 0.15) is 35.3 Å². The molecule has 1 aliphatic heterocycles. The molecule has 1 saturated heterocycles. The van der Waals surface area contributed by atoms with Crippen molar-refractivity contribution in [3.05, 3.63) is 16.0 Å². The Bertz CT molecular complexity index is 704. The van der Waals surface area contributed by atoms with Crippen LogP contribution < -0.4 is 5.32 Å². The van der Waals surface area contributed by atoms with Crippen LogP contribution in [0.2, 0.25) is 0 Å². The van der Waals surface area contributed by atoms with E-state index in [1.54, 1.807) is 19.0 Å². The maximum absolute atomic E-state index is 12.4. The van der Waals surface area contributed by atoms with Gasteiger partial charge in [0.05, 0.1) is 18.2 Å². The number of aryl methyl sites for hydroxylation is 1. The minimum Gasteiger partial charge on any atom is -0.347 e. The molecule has 24 heavy (non-hydrogen) atoms. The van der Waals surface area contributed by atoms with E-state index in [1.807, 2.05) is 4.90 Å². The fourth-order valence-corrected chi connectivity index (χ4v) is 4.81.